The van der Waals surface area contributed by atoms with Gasteiger partial charge in [0.15, 0.2) is 24.6 Å². The molecule has 0 spiro atoms. The summed E-state index contributed by atoms with van der Waals surface area (Å²) >= 11 is 0. The number of unbranched alkanes of at least 4 members (excludes halogenated alkanes) is 27. The van der Waals surface area contributed by atoms with Gasteiger partial charge in [0, 0.05) is 19.3 Å². The van der Waals surface area contributed by atoms with E-state index in [-0.39, 0.29) is 25.9 Å². The first-order chi connectivity index (χ1) is 39.6. The summed E-state index contributed by atoms with van der Waals surface area (Å²) in [5.41, 5.74) is 0. The van der Waals surface area contributed by atoms with Crippen molar-refractivity contribution in [1.29, 1.82) is 0 Å². The minimum absolute atomic E-state index is 0.0565. The lowest BCUT2D eigenvalue weighted by atomic mass is 9.98. The summed E-state index contributed by atoms with van der Waals surface area (Å²) in [5.74, 6) is -3.17. The number of aliphatic hydroxyl groups excluding tert-OH is 2. The highest BCUT2D eigenvalue weighted by Crippen LogP contribution is 2.27. The summed E-state index contributed by atoms with van der Waals surface area (Å²) in [6.07, 6.45) is 61.2. The first-order valence-electron chi connectivity index (χ1n) is 32.6. The molecule has 0 radical (unpaired) electrons. The van der Waals surface area contributed by atoms with E-state index < -0.39 is 67.3 Å². The highest BCUT2D eigenvalue weighted by Gasteiger charge is 2.50. The Morgan fingerprint density at radius 2 is 0.778 bits per heavy atom. The van der Waals surface area contributed by atoms with Crippen molar-refractivity contribution in [1.82, 2.24) is 0 Å². The van der Waals surface area contributed by atoms with Crippen molar-refractivity contribution in [2.45, 2.75) is 314 Å². The van der Waals surface area contributed by atoms with E-state index in [2.05, 4.69) is 106 Å². The maximum absolute atomic E-state index is 13.2. The molecule has 0 aromatic carbocycles. The summed E-state index contributed by atoms with van der Waals surface area (Å²) < 4.78 is 28.5. The van der Waals surface area contributed by atoms with E-state index >= 15 is 0 Å². The minimum atomic E-state index is -1.91. The molecule has 464 valence electrons. The van der Waals surface area contributed by atoms with Gasteiger partial charge in [-0.1, -0.05) is 254 Å². The fourth-order valence-corrected chi connectivity index (χ4v) is 9.55. The Kier molecular flexibility index (Phi) is 52.1. The molecule has 6 unspecified atom stereocenters. The van der Waals surface area contributed by atoms with Crippen molar-refractivity contribution in [3.05, 3.63) is 85.1 Å². The van der Waals surface area contributed by atoms with Crippen LogP contribution in [-0.4, -0.2) is 89.2 Å². The Morgan fingerprint density at radius 3 is 1.20 bits per heavy atom. The molecular formula is C69H116O12. The molecule has 3 N–H and O–H groups in total. The van der Waals surface area contributed by atoms with Gasteiger partial charge in [-0.25, -0.2) is 4.79 Å². The molecule has 0 aliphatic carbocycles. The number of allylic oxidation sites excluding steroid dienone is 14. The zero-order chi connectivity index (χ0) is 58.9. The van der Waals surface area contributed by atoms with Crippen molar-refractivity contribution in [3.8, 4) is 0 Å². The molecular weight excluding hydrogens is 1020 g/mol. The van der Waals surface area contributed by atoms with E-state index in [9.17, 15) is 34.5 Å². The minimum Gasteiger partial charge on any atom is -0.479 e. The quantitative estimate of drug-likeness (QED) is 0.0228. The molecule has 0 bridgehead atoms. The first-order valence-corrected chi connectivity index (χ1v) is 32.6. The summed E-state index contributed by atoms with van der Waals surface area (Å²) in [4.78, 5) is 51.3. The predicted molar refractivity (Wildman–Crippen MR) is 331 cm³/mol. The zero-order valence-electron chi connectivity index (χ0n) is 51.3. The number of hydrogen-bond acceptors (Lipinski definition) is 11. The Morgan fingerprint density at radius 1 is 0.420 bits per heavy atom. The Balaban J connectivity index is 2.65. The zero-order valence-corrected chi connectivity index (χ0v) is 51.3. The van der Waals surface area contributed by atoms with E-state index in [0.29, 0.717) is 19.3 Å². The summed E-state index contributed by atoms with van der Waals surface area (Å²) in [6.45, 7) is 5.76. The van der Waals surface area contributed by atoms with Crippen LogP contribution in [0.5, 0.6) is 0 Å². The second-order valence-corrected chi connectivity index (χ2v) is 22.0. The molecule has 12 heteroatoms. The molecule has 0 amide bonds. The number of aliphatic carboxylic acids is 1. The maximum Gasteiger partial charge on any atom is 0.335 e. The largest absolute Gasteiger partial charge is 0.479 e. The van der Waals surface area contributed by atoms with Gasteiger partial charge in [-0.05, 0) is 89.9 Å². The number of hydrogen-bond donors (Lipinski definition) is 3. The van der Waals surface area contributed by atoms with E-state index in [1.165, 1.54) is 89.9 Å². The molecule has 6 atom stereocenters. The third-order valence-corrected chi connectivity index (χ3v) is 14.5. The third-order valence-electron chi connectivity index (χ3n) is 14.5. The third kappa shape index (κ3) is 46.0. The lowest BCUT2D eigenvalue weighted by Gasteiger charge is -2.40. The SMILES string of the molecule is CC/C=C\C/C=C\C/C=C\C/C=C\CCCCCCCCC(=O)OCC(COC1OC(C(=O)O)C(O)C(O)C1OC(=O)CCCCCCCCCCCCCCCCCCCCC)OC(=O)CCCCC/C=C\C/C=C\C/C=C\CC. The van der Waals surface area contributed by atoms with Gasteiger partial charge in [-0.15, -0.1) is 0 Å². The molecule has 0 aromatic rings. The number of carboxylic acids is 1. The highest BCUT2D eigenvalue weighted by molar-refractivity contribution is 5.74. The van der Waals surface area contributed by atoms with Crippen molar-refractivity contribution < 1.29 is 58.2 Å². The van der Waals surface area contributed by atoms with Crippen molar-refractivity contribution in [3.63, 3.8) is 0 Å². The summed E-state index contributed by atoms with van der Waals surface area (Å²) in [7, 11) is 0. The lowest BCUT2D eigenvalue weighted by Crippen LogP contribution is -2.61. The van der Waals surface area contributed by atoms with Crippen LogP contribution in [0, 0.1) is 0 Å². The molecule has 1 heterocycles. The Hall–Kier alpha value is -4.10. The van der Waals surface area contributed by atoms with Gasteiger partial charge >= 0.3 is 23.9 Å². The van der Waals surface area contributed by atoms with Crippen LogP contribution in [0.4, 0.5) is 0 Å². The molecule has 0 aromatic heterocycles. The fourth-order valence-electron chi connectivity index (χ4n) is 9.55. The molecule has 12 nitrogen and oxygen atoms in total. The molecule has 1 fully saturated rings. The van der Waals surface area contributed by atoms with Gasteiger partial charge in [0.1, 0.15) is 18.8 Å². The normalized spacial score (nSPS) is 18.3. The second kappa shape index (κ2) is 56.4. The van der Waals surface area contributed by atoms with Crippen LogP contribution in [0.15, 0.2) is 85.1 Å². The molecule has 1 saturated heterocycles. The Labute approximate surface area is 492 Å². The van der Waals surface area contributed by atoms with Gasteiger partial charge in [-0.2, -0.15) is 0 Å². The number of esters is 3. The molecule has 1 aliphatic heterocycles. The van der Waals surface area contributed by atoms with Crippen LogP contribution in [-0.2, 0) is 42.9 Å². The highest BCUT2D eigenvalue weighted by atomic mass is 16.7. The number of rotatable bonds is 55. The average molecular weight is 1140 g/mol. The van der Waals surface area contributed by atoms with Crippen LogP contribution in [0.25, 0.3) is 0 Å². The second-order valence-electron chi connectivity index (χ2n) is 22.0. The smallest absolute Gasteiger partial charge is 0.335 e. The molecule has 1 rings (SSSR count). The van der Waals surface area contributed by atoms with E-state index in [4.69, 9.17) is 23.7 Å². The van der Waals surface area contributed by atoms with Gasteiger partial charge in [0.05, 0.1) is 6.61 Å². The summed E-state index contributed by atoms with van der Waals surface area (Å²) in [5, 5.41) is 31.6. The van der Waals surface area contributed by atoms with Gasteiger partial charge < -0.3 is 39.0 Å². The van der Waals surface area contributed by atoms with Crippen molar-refractivity contribution in [2.24, 2.45) is 0 Å². The van der Waals surface area contributed by atoms with Crippen LogP contribution in [0.1, 0.15) is 278 Å². The average Bonchev–Trinajstić information content (AvgIpc) is 3.45. The topological polar surface area (TPSA) is 175 Å². The van der Waals surface area contributed by atoms with Crippen LogP contribution in [0.3, 0.4) is 0 Å². The fraction of sp³-hybridized carbons (Fsp3) is 0.739. The van der Waals surface area contributed by atoms with Crippen molar-refractivity contribution >= 4 is 23.9 Å². The van der Waals surface area contributed by atoms with E-state index in [1.54, 1.807) is 0 Å². The maximum atomic E-state index is 13.2. The predicted octanol–water partition coefficient (Wildman–Crippen LogP) is 17.5. The monoisotopic (exact) mass is 1140 g/mol. The Bertz CT molecular complexity index is 1730. The number of aliphatic hydroxyl groups is 2. The number of carboxylic acid groups (broad SMARTS) is 1. The lowest BCUT2D eigenvalue weighted by molar-refractivity contribution is -0.301. The number of ether oxygens (including phenoxy) is 5. The molecule has 0 saturated carbocycles. The van der Waals surface area contributed by atoms with Crippen LogP contribution < -0.4 is 0 Å². The molecule has 1 aliphatic rings. The van der Waals surface area contributed by atoms with Crippen LogP contribution in [0.2, 0.25) is 0 Å². The van der Waals surface area contributed by atoms with Gasteiger partial charge in [-0.3, -0.25) is 14.4 Å². The van der Waals surface area contributed by atoms with Crippen molar-refractivity contribution in [2.75, 3.05) is 13.2 Å². The molecule has 81 heavy (non-hydrogen) atoms. The number of carbonyl (C=O) groups excluding carboxylic acids is 3. The van der Waals surface area contributed by atoms with Gasteiger partial charge in [0.2, 0.25) is 0 Å². The summed E-state index contributed by atoms with van der Waals surface area (Å²) in [6, 6.07) is 0. The number of carbonyl (C=O) groups is 4. The van der Waals surface area contributed by atoms with Crippen LogP contribution >= 0.6 is 0 Å². The standard InChI is InChI=1S/C69H116O12/c1-4-7-10-13-16-19-22-25-27-29-31-33-35-38-40-43-46-49-52-55-61(70)77-58-60(79-62(71)56-53-50-47-44-41-37-24-21-18-15-12-9-6-3)59-78-69-67(65(74)64(73)66(81-69)68(75)76)80-63(72)57-54-51-48-45-42-39-36-34-32-30-28-26-23-20-17-14-11-8-5-2/h7,9-10,12,16,18-19,21,25,27,31,33,37,41,60,64-67,69,73-74H,4-6,8,11,13-15,17,20,22-24,26,28-30,32,34-36,38-40,42-59H2,1-3H3,(H,75,76)/b10-7-,12-9-,19-16-,21-18-,27-25-,33-31-,41-37-. The van der Waals surface area contributed by atoms with E-state index in [1.807, 2.05) is 0 Å². The van der Waals surface area contributed by atoms with E-state index in [0.717, 1.165) is 128 Å². The van der Waals surface area contributed by atoms with Gasteiger partial charge in [0.25, 0.3) is 0 Å². The first kappa shape index (κ1) is 74.9.